The number of hydrogen-bond donors (Lipinski definition) is 0. The zero-order chi connectivity index (χ0) is 22.6. The van der Waals surface area contributed by atoms with Gasteiger partial charge in [-0.3, -0.25) is 15.0 Å². The summed E-state index contributed by atoms with van der Waals surface area (Å²) in [7, 11) is 4.20. The number of fused-ring (bicyclic) bond motifs is 1. The molecule has 10 heteroatoms. The van der Waals surface area contributed by atoms with Crippen molar-refractivity contribution in [2.45, 2.75) is 44.4 Å². The highest BCUT2D eigenvalue weighted by Gasteiger charge is 2.73. The van der Waals surface area contributed by atoms with E-state index in [1.807, 2.05) is 32.6 Å². The molecule has 3 rings (SSSR count). The third-order valence-electron chi connectivity index (χ3n) is 6.62. The number of nitrogens with zero attached hydrogens (tertiary/aromatic N) is 3. The molecular formula is C20H25N3O7. The molecule has 0 saturated carbocycles. The Bertz CT molecular complexity index is 952. The number of hydroxylamine groups is 2. The molecule has 0 N–H and O–H groups in total. The first-order chi connectivity index (χ1) is 13.9. The van der Waals surface area contributed by atoms with Crippen molar-refractivity contribution in [1.82, 2.24) is 9.96 Å². The monoisotopic (exact) mass is 419 g/mol. The number of benzene rings is 1. The van der Waals surface area contributed by atoms with Gasteiger partial charge in [-0.05, 0) is 52.4 Å². The maximum Gasteiger partial charge on any atom is 0.376 e. The van der Waals surface area contributed by atoms with Crippen LogP contribution in [-0.2, 0) is 29.6 Å². The fourth-order valence-corrected chi connectivity index (χ4v) is 4.19. The summed E-state index contributed by atoms with van der Waals surface area (Å²) >= 11 is 0. The molecule has 30 heavy (non-hydrogen) atoms. The predicted molar refractivity (Wildman–Crippen MR) is 105 cm³/mol. The molecule has 1 unspecified atom stereocenters. The second-order valence-electron chi connectivity index (χ2n) is 8.23. The lowest BCUT2D eigenvalue weighted by atomic mass is 9.83. The molecule has 0 spiro atoms. The smallest absolute Gasteiger partial charge is 0.376 e. The lowest BCUT2D eigenvalue weighted by Crippen LogP contribution is -2.53. The van der Waals surface area contributed by atoms with E-state index >= 15 is 0 Å². The Kier molecular flexibility index (Phi) is 4.91. The van der Waals surface area contributed by atoms with Crippen molar-refractivity contribution < 1.29 is 28.8 Å². The number of esters is 2. The molecule has 0 amide bonds. The normalized spacial score (nSPS) is 24.9. The summed E-state index contributed by atoms with van der Waals surface area (Å²) in [4.78, 5) is 44.0. The van der Waals surface area contributed by atoms with Gasteiger partial charge in [0.1, 0.15) is 5.57 Å². The van der Waals surface area contributed by atoms with Gasteiger partial charge in [-0.1, -0.05) is 0 Å². The van der Waals surface area contributed by atoms with Gasteiger partial charge in [0.2, 0.25) is 5.76 Å². The maximum atomic E-state index is 13.0. The zero-order valence-electron chi connectivity index (χ0n) is 18.0. The molecule has 1 fully saturated rings. The Hall–Kier alpha value is -2.98. The summed E-state index contributed by atoms with van der Waals surface area (Å²) in [5.74, 6) is -1.87. The van der Waals surface area contributed by atoms with E-state index in [0.29, 0.717) is 5.56 Å². The van der Waals surface area contributed by atoms with E-state index in [-0.39, 0.29) is 17.0 Å². The second kappa shape index (κ2) is 6.78. The third kappa shape index (κ3) is 2.50. The minimum Gasteiger partial charge on any atom is -0.465 e. The van der Waals surface area contributed by atoms with Gasteiger partial charge < -0.3 is 14.3 Å². The Balaban J connectivity index is 2.40. The molecule has 10 nitrogen and oxygen atoms in total. The standard InChI is InChI=1S/C20H25N3O7/c1-18(2)19(3,4)23-20(21(18)5,12-8-10-13(11-9-12)22(26)27)14(16(24)28-6)15(30-23)17(25)29-7/h8-11H,1-7H3. The van der Waals surface area contributed by atoms with Crippen molar-refractivity contribution >= 4 is 17.6 Å². The van der Waals surface area contributed by atoms with Gasteiger partial charge in [0.25, 0.3) is 5.69 Å². The molecule has 1 aromatic rings. The fraction of sp³-hybridized carbons (Fsp3) is 0.500. The topological polar surface area (TPSA) is 111 Å². The van der Waals surface area contributed by atoms with Gasteiger partial charge in [0.05, 0.1) is 24.7 Å². The SMILES string of the molecule is COC(=O)C1=C(C(=O)OC)C2(c3ccc([N+](=O)[O-])cc3)N(C)C(C)(C)C(C)(C)N2O1. The molecule has 1 aromatic carbocycles. The van der Waals surface area contributed by atoms with Gasteiger partial charge in [-0.2, -0.15) is 0 Å². The van der Waals surface area contributed by atoms with E-state index in [4.69, 9.17) is 14.3 Å². The van der Waals surface area contributed by atoms with Crippen molar-refractivity contribution in [3.05, 3.63) is 51.3 Å². The molecule has 1 saturated heterocycles. The quantitative estimate of drug-likeness (QED) is 0.411. The van der Waals surface area contributed by atoms with Crippen LogP contribution in [0.1, 0.15) is 33.3 Å². The largest absolute Gasteiger partial charge is 0.465 e. The van der Waals surface area contributed by atoms with E-state index in [9.17, 15) is 19.7 Å². The lowest BCUT2D eigenvalue weighted by Gasteiger charge is -2.41. The highest BCUT2D eigenvalue weighted by atomic mass is 16.7. The second-order valence-corrected chi connectivity index (χ2v) is 8.23. The number of carbonyl (C=O) groups excluding carboxylic acids is 2. The van der Waals surface area contributed by atoms with Gasteiger partial charge in [-0.25, -0.2) is 9.59 Å². The Labute approximate surface area is 174 Å². The van der Waals surface area contributed by atoms with Gasteiger partial charge in [0.15, 0.2) is 5.66 Å². The van der Waals surface area contributed by atoms with Gasteiger partial charge in [-0.15, -0.1) is 5.06 Å². The number of rotatable bonds is 4. The molecular weight excluding hydrogens is 394 g/mol. The average Bonchev–Trinajstić information content (AvgIpc) is 3.13. The molecule has 1 atom stereocenters. The summed E-state index contributed by atoms with van der Waals surface area (Å²) in [6.07, 6.45) is 0. The van der Waals surface area contributed by atoms with Crippen molar-refractivity contribution in [3.8, 4) is 0 Å². The zero-order valence-corrected chi connectivity index (χ0v) is 18.0. The van der Waals surface area contributed by atoms with Crippen LogP contribution in [-0.4, -0.2) is 59.2 Å². The number of likely N-dealkylation sites (N-methyl/N-ethyl adjacent to an activating group) is 1. The van der Waals surface area contributed by atoms with Crippen LogP contribution in [0.4, 0.5) is 5.69 Å². The van der Waals surface area contributed by atoms with E-state index in [1.54, 1.807) is 24.2 Å². The van der Waals surface area contributed by atoms with Crippen molar-refractivity contribution in [1.29, 1.82) is 0 Å². The molecule has 0 bridgehead atoms. The first kappa shape index (κ1) is 21.7. The third-order valence-corrected chi connectivity index (χ3v) is 6.62. The summed E-state index contributed by atoms with van der Waals surface area (Å²) in [6, 6.07) is 5.79. The fourth-order valence-electron chi connectivity index (χ4n) is 4.19. The summed E-state index contributed by atoms with van der Waals surface area (Å²) in [6.45, 7) is 7.81. The number of nitro groups is 1. The molecule has 0 aromatic heterocycles. The molecule has 2 heterocycles. The molecule has 0 aliphatic carbocycles. The number of carbonyl (C=O) groups is 2. The van der Waals surface area contributed by atoms with E-state index < -0.39 is 33.6 Å². The molecule has 0 radical (unpaired) electrons. The highest BCUT2D eigenvalue weighted by Crippen LogP contribution is 2.60. The Morgan fingerprint density at radius 3 is 2.00 bits per heavy atom. The molecule has 2 aliphatic heterocycles. The maximum absolute atomic E-state index is 13.0. The van der Waals surface area contributed by atoms with Crippen LogP contribution in [0.3, 0.4) is 0 Å². The predicted octanol–water partition coefficient (Wildman–Crippen LogP) is 2.10. The summed E-state index contributed by atoms with van der Waals surface area (Å²) in [5, 5.41) is 12.7. The number of hydrogen-bond acceptors (Lipinski definition) is 9. The van der Waals surface area contributed by atoms with Gasteiger partial charge in [0, 0.05) is 17.7 Å². The molecule has 2 aliphatic rings. The minimum absolute atomic E-state index is 0.0492. The van der Waals surface area contributed by atoms with Crippen LogP contribution >= 0.6 is 0 Å². The number of methoxy groups -OCH3 is 2. The number of non-ortho nitro benzene ring substituents is 1. The summed E-state index contributed by atoms with van der Waals surface area (Å²) in [5.41, 5.74) is -2.29. The first-order valence-corrected chi connectivity index (χ1v) is 9.27. The van der Waals surface area contributed by atoms with Crippen molar-refractivity contribution in [3.63, 3.8) is 0 Å². The molecule has 162 valence electrons. The van der Waals surface area contributed by atoms with Gasteiger partial charge >= 0.3 is 11.9 Å². The van der Waals surface area contributed by atoms with Crippen molar-refractivity contribution in [2.75, 3.05) is 21.3 Å². The van der Waals surface area contributed by atoms with Crippen molar-refractivity contribution in [2.24, 2.45) is 0 Å². The van der Waals surface area contributed by atoms with Crippen LogP contribution < -0.4 is 0 Å². The van der Waals surface area contributed by atoms with Crippen LogP contribution in [0.5, 0.6) is 0 Å². The lowest BCUT2D eigenvalue weighted by molar-refractivity contribution is -0.384. The number of nitro benzene ring substituents is 1. The van der Waals surface area contributed by atoms with Crippen LogP contribution in [0.2, 0.25) is 0 Å². The van der Waals surface area contributed by atoms with E-state index in [1.165, 1.54) is 26.4 Å². The first-order valence-electron chi connectivity index (χ1n) is 9.27. The van der Waals surface area contributed by atoms with Crippen LogP contribution in [0, 0.1) is 10.1 Å². The van der Waals surface area contributed by atoms with E-state index in [0.717, 1.165) is 0 Å². The Morgan fingerprint density at radius 2 is 1.53 bits per heavy atom. The van der Waals surface area contributed by atoms with Crippen LogP contribution in [0.25, 0.3) is 0 Å². The van der Waals surface area contributed by atoms with Crippen LogP contribution in [0.15, 0.2) is 35.6 Å². The summed E-state index contributed by atoms with van der Waals surface area (Å²) < 4.78 is 9.86. The number of ether oxygens (including phenoxy) is 2. The highest BCUT2D eigenvalue weighted by molar-refractivity contribution is 6.01. The Morgan fingerprint density at radius 1 is 1.00 bits per heavy atom. The van der Waals surface area contributed by atoms with E-state index in [2.05, 4.69) is 0 Å². The average molecular weight is 419 g/mol. The minimum atomic E-state index is -1.38.